The minimum atomic E-state index is -5.40. The molecule has 2 saturated heterocycles. The second-order valence-corrected chi connectivity index (χ2v) is 11.0. The lowest BCUT2D eigenvalue weighted by Gasteiger charge is -2.47. The van der Waals surface area contributed by atoms with Gasteiger partial charge in [-0.05, 0) is 0 Å². The molecule has 0 aliphatic carbocycles. The number of hydrogen-bond acceptors (Lipinski definition) is 16. The number of aliphatic hydroxyl groups is 2. The quantitative estimate of drug-likeness (QED) is 0.0995. The molecule has 240 valence electrons. The molecule has 0 radical (unpaired) electrons. The Morgan fingerprint density at radius 1 is 0.825 bits per heavy atom. The van der Waals surface area contributed by atoms with E-state index < -0.39 is 105 Å². The van der Waals surface area contributed by atoms with Gasteiger partial charge in [0.05, 0.1) is 6.61 Å². The molecule has 0 aromatic carbocycles. The van der Waals surface area contributed by atoms with Crippen molar-refractivity contribution in [1.82, 2.24) is 4.72 Å². The lowest BCUT2D eigenvalue weighted by molar-refractivity contribution is -0.339. The van der Waals surface area contributed by atoms with Crippen LogP contribution in [0.15, 0.2) is 0 Å². The number of aliphatic carboxylic acids is 1. The molecule has 2 aliphatic rings. The molecule has 0 aromatic heterocycles. The third-order valence-electron chi connectivity index (χ3n) is 5.13. The Morgan fingerprint density at radius 2 is 1.40 bits per heavy atom. The van der Waals surface area contributed by atoms with Crippen molar-refractivity contribution in [2.75, 3.05) is 20.8 Å². The molecule has 2 fully saturated rings. The van der Waals surface area contributed by atoms with Crippen molar-refractivity contribution in [2.45, 2.75) is 76.2 Å². The van der Waals surface area contributed by atoms with E-state index in [0.717, 1.165) is 14.2 Å². The lowest BCUT2D eigenvalue weighted by Crippen LogP contribution is -2.68. The normalized spacial score (nSPS) is 35.3. The number of rotatable bonds is 12. The van der Waals surface area contributed by atoms with Gasteiger partial charge in [0.15, 0.2) is 24.8 Å². The molecule has 0 saturated carbocycles. The Kier molecular flexibility index (Phi) is 14.4. The van der Waals surface area contributed by atoms with Crippen molar-refractivity contribution < 1.29 is 91.1 Å². The zero-order chi connectivity index (χ0) is 29.2. The van der Waals surface area contributed by atoms with Crippen molar-refractivity contribution in [2.24, 2.45) is 0 Å². The van der Waals surface area contributed by atoms with Gasteiger partial charge in [0, 0.05) is 14.2 Å². The van der Waals surface area contributed by atoms with Crippen LogP contribution in [0.2, 0.25) is 0 Å². The fraction of sp³-hybridized carbons (Fsp3) is 0.938. The first-order valence-electron chi connectivity index (χ1n) is 9.91. The van der Waals surface area contributed by atoms with Crippen LogP contribution in [0, 0.1) is 0 Å². The van der Waals surface area contributed by atoms with E-state index >= 15 is 0 Å². The Hall–Kier alpha value is -1.20. The number of hydrogen-bond donors (Lipinski definition) is 7. The van der Waals surface area contributed by atoms with E-state index in [-0.39, 0.29) is 14.9 Å². The fourth-order valence-corrected chi connectivity index (χ4v) is 5.06. The molecule has 10 atom stereocenters. The number of nitrogens with one attached hydrogen (secondary N) is 1. The van der Waals surface area contributed by atoms with Gasteiger partial charge in [0.25, 0.3) is 0 Å². The minimum Gasteiger partial charge on any atom is -0.479 e. The Morgan fingerprint density at radius 3 is 1.82 bits per heavy atom. The fourth-order valence-electron chi connectivity index (χ4n) is 3.67. The molecule has 10 unspecified atom stereocenters. The van der Waals surface area contributed by atoms with E-state index in [1.807, 2.05) is 0 Å². The third kappa shape index (κ3) is 10.6. The largest absolute Gasteiger partial charge is 0.479 e. The Balaban J connectivity index is 0.00000760. The molecule has 2 heterocycles. The number of carboxylic acids is 1. The summed E-state index contributed by atoms with van der Waals surface area (Å²) in [7, 11) is -13.8. The molecule has 40 heavy (non-hydrogen) atoms. The van der Waals surface area contributed by atoms with Crippen LogP contribution in [0.1, 0.15) is 14.9 Å². The van der Waals surface area contributed by atoms with Crippen molar-refractivity contribution in [3.8, 4) is 0 Å². The van der Waals surface area contributed by atoms with E-state index in [2.05, 4.69) is 8.37 Å². The average molecular weight is 656 g/mol. The average Bonchev–Trinajstić information content (AvgIpc) is 2.75. The summed E-state index contributed by atoms with van der Waals surface area (Å²) in [6.45, 7) is -1.18. The molecule has 0 bridgehead atoms. The standard InChI is InChI=1S/C14H25NO20S3.2CH4/c1-29-9-7(17)10(35-38(26,27)28)14(34-11(9)12(18)19)33-8-4(3-31-37(23,24)25)32-13(30-2)5(6(8)16)15-36(20,21)22;;/h4-11,13-17H,3H2,1-2H3,(H,18,19)(H,20,21,22)(H,23,24,25)(H,26,27,28);2*1H4. The number of carbonyl (C=O) groups is 1. The van der Waals surface area contributed by atoms with Gasteiger partial charge in [-0.15, -0.1) is 0 Å². The highest BCUT2D eigenvalue weighted by atomic mass is 32.3. The highest BCUT2D eigenvalue weighted by molar-refractivity contribution is 7.83. The molecule has 0 spiro atoms. The van der Waals surface area contributed by atoms with E-state index in [9.17, 15) is 45.4 Å². The number of methoxy groups -OCH3 is 2. The highest BCUT2D eigenvalue weighted by Crippen LogP contribution is 2.32. The van der Waals surface area contributed by atoms with Gasteiger partial charge in [-0.1, -0.05) is 14.9 Å². The highest BCUT2D eigenvalue weighted by Gasteiger charge is 2.55. The summed E-state index contributed by atoms with van der Waals surface area (Å²) >= 11 is 0. The van der Waals surface area contributed by atoms with Gasteiger partial charge >= 0.3 is 37.1 Å². The van der Waals surface area contributed by atoms with Crippen molar-refractivity contribution in [3.63, 3.8) is 0 Å². The first-order valence-corrected chi connectivity index (χ1v) is 14.1. The third-order valence-corrected chi connectivity index (χ3v) is 6.60. The second-order valence-electron chi connectivity index (χ2n) is 7.64. The van der Waals surface area contributed by atoms with Gasteiger partial charge in [-0.2, -0.15) is 30.0 Å². The van der Waals surface area contributed by atoms with Crippen LogP contribution >= 0.6 is 0 Å². The van der Waals surface area contributed by atoms with Crippen LogP contribution < -0.4 is 4.72 Å². The van der Waals surface area contributed by atoms with Crippen LogP contribution in [-0.2, 0) is 67.9 Å². The second kappa shape index (κ2) is 14.8. The zero-order valence-corrected chi connectivity index (χ0v) is 21.6. The summed E-state index contributed by atoms with van der Waals surface area (Å²) in [5, 5.41) is 30.8. The molecule has 7 N–H and O–H groups in total. The van der Waals surface area contributed by atoms with Crippen molar-refractivity contribution >= 4 is 37.1 Å². The predicted octanol–water partition coefficient (Wildman–Crippen LogP) is -3.67. The van der Waals surface area contributed by atoms with Gasteiger partial charge in [0.2, 0.25) is 0 Å². The summed E-state index contributed by atoms with van der Waals surface area (Å²) in [6.07, 6.45) is -18.7. The Labute approximate surface area is 230 Å². The molecule has 2 aliphatic heterocycles. The number of ether oxygens (including phenoxy) is 5. The molecular weight excluding hydrogens is 622 g/mol. The van der Waals surface area contributed by atoms with Gasteiger partial charge in [-0.25, -0.2) is 13.2 Å². The predicted molar refractivity (Wildman–Crippen MR) is 126 cm³/mol. The van der Waals surface area contributed by atoms with Crippen LogP contribution in [0.3, 0.4) is 0 Å². The molecule has 0 amide bonds. The van der Waals surface area contributed by atoms with E-state index in [4.69, 9.17) is 37.3 Å². The summed E-state index contributed by atoms with van der Waals surface area (Å²) in [5.74, 6) is -1.77. The van der Waals surface area contributed by atoms with E-state index in [0.29, 0.717) is 0 Å². The van der Waals surface area contributed by atoms with Crippen LogP contribution in [-0.4, -0.2) is 142 Å². The molecule has 24 heteroatoms. The topological polar surface area (TPSA) is 318 Å². The van der Waals surface area contributed by atoms with Gasteiger partial charge < -0.3 is 39.0 Å². The molecular formula is C16H33NO20S3. The van der Waals surface area contributed by atoms with Crippen molar-refractivity contribution in [3.05, 3.63) is 0 Å². The summed E-state index contributed by atoms with van der Waals surface area (Å²) < 4.78 is 130. The van der Waals surface area contributed by atoms with Gasteiger partial charge in [-0.3, -0.25) is 13.7 Å². The molecule has 2 rings (SSSR count). The van der Waals surface area contributed by atoms with Crippen LogP contribution in [0.4, 0.5) is 0 Å². The smallest absolute Gasteiger partial charge is 0.397 e. The monoisotopic (exact) mass is 655 g/mol. The first kappa shape index (κ1) is 38.8. The van der Waals surface area contributed by atoms with E-state index in [1.54, 1.807) is 0 Å². The van der Waals surface area contributed by atoms with Gasteiger partial charge in [0.1, 0.15) is 36.6 Å². The summed E-state index contributed by atoms with van der Waals surface area (Å²) in [5.41, 5.74) is 0. The summed E-state index contributed by atoms with van der Waals surface area (Å²) in [6, 6.07) is -1.93. The first-order chi connectivity index (χ1) is 17.3. The van der Waals surface area contributed by atoms with Crippen LogP contribution in [0.5, 0.6) is 0 Å². The summed E-state index contributed by atoms with van der Waals surface area (Å²) in [4.78, 5) is 11.6. The maximum atomic E-state index is 11.6. The Bertz CT molecular complexity index is 1140. The minimum absolute atomic E-state index is 0. The van der Waals surface area contributed by atoms with Crippen LogP contribution in [0.25, 0.3) is 0 Å². The zero-order valence-electron chi connectivity index (χ0n) is 19.1. The SMILES string of the molecule is C.C.COC1OC(COS(=O)(=O)O)C(OC2OC(C(=O)O)C(OC)C(O)C2OS(=O)(=O)O)C(O)C1NS(=O)(=O)O. The maximum Gasteiger partial charge on any atom is 0.397 e. The lowest BCUT2D eigenvalue weighted by atomic mass is 9.96. The van der Waals surface area contributed by atoms with Crippen molar-refractivity contribution in [1.29, 1.82) is 0 Å². The molecule has 21 nitrogen and oxygen atoms in total. The maximum absolute atomic E-state index is 11.6. The number of aliphatic hydroxyl groups excluding tert-OH is 2. The number of carboxylic acid groups (broad SMARTS) is 1. The molecule has 0 aromatic rings. The van der Waals surface area contributed by atoms with E-state index in [1.165, 1.54) is 4.72 Å².